The van der Waals surface area contributed by atoms with Crippen molar-refractivity contribution in [3.63, 3.8) is 0 Å². The van der Waals surface area contributed by atoms with Gasteiger partial charge in [-0.2, -0.15) is 5.10 Å². The highest BCUT2D eigenvalue weighted by atomic mass is 35.5. The van der Waals surface area contributed by atoms with E-state index in [1.165, 1.54) is 22.7 Å². The highest BCUT2D eigenvalue weighted by molar-refractivity contribution is 6.33. The third-order valence-corrected chi connectivity index (χ3v) is 3.91. The van der Waals surface area contributed by atoms with Crippen molar-refractivity contribution in [3.8, 4) is 0 Å². The molecule has 0 spiro atoms. The summed E-state index contributed by atoms with van der Waals surface area (Å²) in [5.41, 5.74) is 0.815. The molecular formula is C16H8ClN3O4. The lowest BCUT2D eigenvalue weighted by molar-refractivity contribution is -0.0588. The topological polar surface area (TPSA) is 81.0 Å². The van der Waals surface area contributed by atoms with Crippen LogP contribution in [0.5, 0.6) is 0 Å². The summed E-state index contributed by atoms with van der Waals surface area (Å²) in [5.74, 6) is -2.30. The second-order valence-corrected chi connectivity index (χ2v) is 5.45. The van der Waals surface area contributed by atoms with Gasteiger partial charge in [0.2, 0.25) is 0 Å². The van der Waals surface area contributed by atoms with Gasteiger partial charge in [0.1, 0.15) is 0 Å². The number of hydroxylamine groups is 2. The molecule has 0 unspecified atom stereocenters. The number of amides is 2. The minimum absolute atomic E-state index is 0.0698. The van der Waals surface area contributed by atoms with Crippen LogP contribution < -0.4 is 0 Å². The lowest BCUT2D eigenvalue weighted by Crippen LogP contribution is -2.32. The number of benzene rings is 1. The van der Waals surface area contributed by atoms with Crippen molar-refractivity contribution in [2.75, 3.05) is 0 Å². The van der Waals surface area contributed by atoms with E-state index in [1.54, 1.807) is 30.5 Å². The number of nitrogens with zero attached hydrogens (tertiary/aromatic N) is 3. The molecule has 118 valence electrons. The highest BCUT2D eigenvalue weighted by Gasteiger charge is 2.39. The molecular weight excluding hydrogens is 334 g/mol. The van der Waals surface area contributed by atoms with Gasteiger partial charge in [-0.3, -0.25) is 9.59 Å². The number of carbonyl (C=O) groups is 3. The Hall–Kier alpha value is -3.19. The van der Waals surface area contributed by atoms with Crippen LogP contribution in [0.1, 0.15) is 31.2 Å². The van der Waals surface area contributed by atoms with Gasteiger partial charge in [-0.05, 0) is 24.3 Å². The van der Waals surface area contributed by atoms with Gasteiger partial charge in [-0.25, -0.2) is 9.31 Å². The van der Waals surface area contributed by atoms with Gasteiger partial charge < -0.3 is 4.84 Å². The Morgan fingerprint density at radius 2 is 1.71 bits per heavy atom. The standard InChI is InChI=1S/C16H8ClN3O4/c17-11-6-3-7-19-13(11)8-12(18-19)16(23)24-20-14(21)9-4-1-2-5-10(9)15(20)22/h1-8H. The first-order chi connectivity index (χ1) is 11.6. The fourth-order valence-corrected chi connectivity index (χ4v) is 2.67. The van der Waals surface area contributed by atoms with E-state index in [2.05, 4.69) is 5.10 Å². The van der Waals surface area contributed by atoms with E-state index in [1.807, 2.05) is 0 Å². The molecule has 24 heavy (non-hydrogen) atoms. The minimum Gasteiger partial charge on any atom is -0.322 e. The molecule has 4 rings (SSSR count). The number of carbonyl (C=O) groups excluding carboxylic acids is 3. The molecule has 7 nitrogen and oxygen atoms in total. The van der Waals surface area contributed by atoms with Crippen molar-refractivity contribution in [1.29, 1.82) is 0 Å². The molecule has 0 saturated heterocycles. The van der Waals surface area contributed by atoms with Crippen LogP contribution in [0, 0.1) is 0 Å². The van der Waals surface area contributed by atoms with Gasteiger partial charge >= 0.3 is 5.97 Å². The molecule has 0 aliphatic carbocycles. The van der Waals surface area contributed by atoms with Gasteiger partial charge in [0, 0.05) is 12.3 Å². The van der Waals surface area contributed by atoms with Crippen LogP contribution in [0.25, 0.3) is 5.52 Å². The SMILES string of the molecule is O=C(ON1C(=O)c2ccccc2C1=O)c1cc2c(Cl)cccn2n1. The summed E-state index contributed by atoms with van der Waals surface area (Å²) in [4.78, 5) is 41.5. The molecule has 0 radical (unpaired) electrons. The van der Waals surface area contributed by atoms with Gasteiger partial charge in [0.25, 0.3) is 11.8 Å². The van der Waals surface area contributed by atoms with Crippen molar-refractivity contribution in [1.82, 2.24) is 14.7 Å². The van der Waals surface area contributed by atoms with Gasteiger partial charge in [-0.1, -0.05) is 28.8 Å². The molecule has 1 aliphatic heterocycles. The summed E-state index contributed by atoms with van der Waals surface area (Å²) < 4.78 is 1.40. The Morgan fingerprint density at radius 3 is 2.33 bits per heavy atom. The third kappa shape index (κ3) is 2.06. The number of hydrogen-bond donors (Lipinski definition) is 0. The number of pyridine rings is 1. The number of imide groups is 1. The van der Waals surface area contributed by atoms with Crippen LogP contribution in [0.2, 0.25) is 5.02 Å². The molecule has 3 heterocycles. The van der Waals surface area contributed by atoms with E-state index >= 15 is 0 Å². The quantitative estimate of drug-likeness (QED) is 0.668. The maximum absolute atomic E-state index is 12.2. The van der Waals surface area contributed by atoms with Crippen LogP contribution in [0.4, 0.5) is 0 Å². The zero-order valence-corrected chi connectivity index (χ0v) is 12.7. The molecule has 1 aromatic carbocycles. The van der Waals surface area contributed by atoms with E-state index < -0.39 is 17.8 Å². The summed E-state index contributed by atoms with van der Waals surface area (Å²) in [6.45, 7) is 0. The highest BCUT2D eigenvalue weighted by Crippen LogP contribution is 2.24. The summed E-state index contributed by atoms with van der Waals surface area (Å²) in [6, 6.07) is 11.0. The Kier molecular flexibility index (Phi) is 3.10. The largest absolute Gasteiger partial charge is 0.384 e. The average molecular weight is 342 g/mol. The fraction of sp³-hybridized carbons (Fsp3) is 0. The molecule has 0 fully saturated rings. The Bertz CT molecular complexity index is 992. The van der Waals surface area contributed by atoms with Crippen molar-refractivity contribution in [3.05, 3.63) is 70.5 Å². The van der Waals surface area contributed by atoms with Gasteiger partial charge in [0.05, 0.1) is 21.7 Å². The minimum atomic E-state index is -0.927. The van der Waals surface area contributed by atoms with Crippen LogP contribution in [-0.4, -0.2) is 32.5 Å². The Labute approximate surface area is 139 Å². The number of halogens is 1. The Balaban J connectivity index is 1.64. The molecule has 2 aromatic heterocycles. The van der Waals surface area contributed by atoms with Crippen molar-refractivity contribution >= 4 is 34.9 Å². The second kappa shape index (κ2) is 5.17. The molecule has 3 aromatic rings. The molecule has 0 bridgehead atoms. The second-order valence-electron chi connectivity index (χ2n) is 5.04. The van der Waals surface area contributed by atoms with E-state index in [4.69, 9.17) is 16.4 Å². The fourth-order valence-electron chi connectivity index (χ4n) is 2.46. The maximum Gasteiger partial charge on any atom is 0.384 e. The zero-order chi connectivity index (χ0) is 16.8. The first kappa shape index (κ1) is 14.4. The van der Waals surface area contributed by atoms with Crippen LogP contribution in [0.15, 0.2) is 48.7 Å². The van der Waals surface area contributed by atoms with Crippen molar-refractivity contribution < 1.29 is 19.2 Å². The Morgan fingerprint density at radius 1 is 1.04 bits per heavy atom. The molecule has 2 amide bonds. The summed E-state index contributed by atoms with van der Waals surface area (Å²) in [5, 5.41) is 4.87. The number of aromatic nitrogens is 2. The van der Waals surface area contributed by atoms with Crippen molar-refractivity contribution in [2.45, 2.75) is 0 Å². The van der Waals surface area contributed by atoms with Crippen molar-refractivity contribution in [2.24, 2.45) is 0 Å². The third-order valence-electron chi connectivity index (χ3n) is 3.59. The smallest absolute Gasteiger partial charge is 0.322 e. The summed E-state index contributed by atoms with van der Waals surface area (Å²) >= 11 is 6.02. The van der Waals surface area contributed by atoms with Gasteiger partial charge in [0.15, 0.2) is 5.69 Å². The number of hydrogen-bond acceptors (Lipinski definition) is 5. The van der Waals surface area contributed by atoms with Crippen LogP contribution in [-0.2, 0) is 4.84 Å². The van der Waals surface area contributed by atoms with E-state index in [9.17, 15) is 14.4 Å². The van der Waals surface area contributed by atoms with E-state index in [0.717, 1.165) is 0 Å². The van der Waals surface area contributed by atoms with Gasteiger partial charge in [-0.15, -0.1) is 0 Å². The number of rotatable bonds is 2. The summed E-state index contributed by atoms with van der Waals surface area (Å²) in [7, 11) is 0. The predicted octanol–water partition coefficient (Wildman–Crippen LogP) is 2.36. The molecule has 0 saturated carbocycles. The van der Waals surface area contributed by atoms with E-state index in [-0.39, 0.29) is 16.8 Å². The molecule has 1 aliphatic rings. The maximum atomic E-state index is 12.2. The predicted molar refractivity (Wildman–Crippen MR) is 82.6 cm³/mol. The normalized spacial score (nSPS) is 13.5. The van der Waals surface area contributed by atoms with E-state index in [0.29, 0.717) is 15.6 Å². The average Bonchev–Trinajstić information content (AvgIpc) is 3.12. The lowest BCUT2D eigenvalue weighted by Gasteiger charge is -2.11. The molecule has 0 atom stereocenters. The molecule has 8 heteroatoms. The summed E-state index contributed by atoms with van der Waals surface area (Å²) in [6.07, 6.45) is 1.61. The van der Waals surface area contributed by atoms with Crippen LogP contribution >= 0.6 is 11.6 Å². The molecule has 0 N–H and O–H groups in total. The number of fused-ring (bicyclic) bond motifs is 2. The van der Waals surface area contributed by atoms with Crippen LogP contribution in [0.3, 0.4) is 0 Å². The lowest BCUT2D eigenvalue weighted by atomic mass is 10.1. The first-order valence-electron chi connectivity index (χ1n) is 6.90. The zero-order valence-electron chi connectivity index (χ0n) is 12.0. The first-order valence-corrected chi connectivity index (χ1v) is 7.28. The monoisotopic (exact) mass is 341 g/mol.